The van der Waals surface area contributed by atoms with Crippen LogP contribution in [0.5, 0.6) is 0 Å². The van der Waals surface area contributed by atoms with Crippen molar-refractivity contribution in [1.82, 2.24) is 9.47 Å². The molecule has 2 atom stereocenters. The lowest BCUT2D eigenvalue weighted by Gasteiger charge is -2.35. The second-order valence-electron chi connectivity index (χ2n) is 7.65. The molecule has 2 aromatic rings. The monoisotopic (exact) mass is 326 g/mol. The number of amides is 1. The van der Waals surface area contributed by atoms with E-state index in [4.69, 9.17) is 0 Å². The predicted octanol–water partition coefficient (Wildman–Crippen LogP) is 4.87. The number of unbranched alkanes of at least 4 members (excludes halogenated alkanes) is 1. The second kappa shape index (κ2) is 7.00. The van der Waals surface area contributed by atoms with Crippen LogP contribution in [0, 0.1) is 18.8 Å². The Balaban J connectivity index is 2.03. The zero-order valence-corrected chi connectivity index (χ0v) is 15.5. The molecule has 2 heterocycles. The normalized spacial score (nSPS) is 21.4. The number of fused-ring (bicyclic) bond motifs is 1. The summed E-state index contributed by atoms with van der Waals surface area (Å²) in [4.78, 5) is 15.5. The Hall–Kier alpha value is -1.77. The molecule has 1 saturated heterocycles. The molecule has 3 rings (SSSR count). The first-order chi connectivity index (χ1) is 11.5. The summed E-state index contributed by atoms with van der Waals surface area (Å²) in [5, 5.41) is 1.22. The van der Waals surface area contributed by atoms with Gasteiger partial charge in [0, 0.05) is 30.5 Å². The van der Waals surface area contributed by atoms with Crippen LogP contribution in [-0.4, -0.2) is 28.5 Å². The van der Waals surface area contributed by atoms with Crippen molar-refractivity contribution >= 4 is 16.8 Å². The summed E-state index contributed by atoms with van der Waals surface area (Å²) in [5.41, 5.74) is 3.24. The highest BCUT2D eigenvalue weighted by atomic mass is 16.2. The van der Waals surface area contributed by atoms with Crippen LogP contribution in [0.15, 0.2) is 24.3 Å². The summed E-state index contributed by atoms with van der Waals surface area (Å²) in [7, 11) is 0. The van der Waals surface area contributed by atoms with Gasteiger partial charge < -0.3 is 9.47 Å². The maximum absolute atomic E-state index is 13.4. The number of piperidine rings is 1. The van der Waals surface area contributed by atoms with E-state index in [0.717, 1.165) is 43.7 Å². The molecule has 1 aromatic carbocycles. The van der Waals surface area contributed by atoms with Crippen molar-refractivity contribution in [3.63, 3.8) is 0 Å². The Morgan fingerprint density at radius 2 is 1.83 bits per heavy atom. The minimum absolute atomic E-state index is 0.221. The van der Waals surface area contributed by atoms with Crippen molar-refractivity contribution in [3.8, 4) is 0 Å². The topological polar surface area (TPSA) is 25.2 Å². The van der Waals surface area contributed by atoms with Crippen LogP contribution >= 0.6 is 0 Å². The van der Waals surface area contributed by atoms with Crippen LogP contribution in [0.3, 0.4) is 0 Å². The molecule has 2 unspecified atom stereocenters. The maximum Gasteiger partial charge on any atom is 0.270 e. The van der Waals surface area contributed by atoms with Crippen LogP contribution in [0.25, 0.3) is 10.9 Å². The fraction of sp³-hybridized carbons (Fsp3) is 0.571. The van der Waals surface area contributed by atoms with Crippen molar-refractivity contribution < 1.29 is 4.79 Å². The zero-order chi connectivity index (χ0) is 17.3. The van der Waals surface area contributed by atoms with Gasteiger partial charge in [-0.05, 0) is 43.2 Å². The number of carbonyl (C=O) groups excluding carboxylic acids is 1. The number of hydrogen-bond acceptors (Lipinski definition) is 1. The first-order valence-electron chi connectivity index (χ1n) is 9.40. The van der Waals surface area contributed by atoms with Crippen LogP contribution in [0.4, 0.5) is 0 Å². The van der Waals surface area contributed by atoms with E-state index < -0.39 is 0 Å². The number of rotatable bonds is 4. The Morgan fingerprint density at radius 3 is 2.50 bits per heavy atom. The molecule has 1 aliphatic rings. The number of benzene rings is 1. The zero-order valence-electron chi connectivity index (χ0n) is 15.5. The largest absolute Gasteiger partial charge is 0.337 e. The molecule has 0 N–H and O–H groups in total. The predicted molar refractivity (Wildman–Crippen MR) is 100 cm³/mol. The van der Waals surface area contributed by atoms with Crippen LogP contribution in [0.1, 0.15) is 56.1 Å². The van der Waals surface area contributed by atoms with Gasteiger partial charge in [-0.15, -0.1) is 0 Å². The Kier molecular flexibility index (Phi) is 4.98. The van der Waals surface area contributed by atoms with Gasteiger partial charge in [-0.2, -0.15) is 0 Å². The molecular weight excluding hydrogens is 296 g/mol. The van der Waals surface area contributed by atoms with Crippen molar-refractivity contribution in [1.29, 1.82) is 0 Å². The third-order valence-electron chi connectivity index (χ3n) is 5.32. The third kappa shape index (κ3) is 3.09. The molecule has 3 nitrogen and oxygen atoms in total. The highest BCUT2D eigenvalue weighted by molar-refractivity contribution is 6.01. The summed E-state index contributed by atoms with van der Waals surface area (Å²) in [6, 6.07) is 8.43. The smallest absolute Gasteiger partial charge is 0.270 e. The number of likely N-dealkylation sites (tertiary alicyclic amines) is 1. The quantitative estimate of drug-likeness (QED) is 0.787. The molecule has 0 radical (unpaired) electrons. The molecule has 0 bridgehead atoms. The van der Waals surface area contributed by atoms with Crippen molar-refractivity contribution in [3.05, 3.63) is 35.5 Å². The Morgan fingerprint density at radius 1 is 1.17 bits per heavy atom. The fourth-order valence-electron chi connectivity index (χ4n) is 4.28. The summed E-state index contributed by atoms with van der Waals surface area (Å²) in [6.07, 6.45) is 3.46. The van der Waals surface area contributed by atoms with Crippen molar-refractivity contribution in [2.75, 3.05) is 13.1 Å². The Labute approximate surface area is 145 Å². The standard InChI is InChI=1S/C21H30N2O/c1-5-6-11-23-19-10-8-7-9-18(19)17(4)20(23)21(24)22-13-15(2)12-16(3)14-22/h7-10,15-16H,5-6,11-14H2,1-4H3. The Bertz CT molecular complexity index is 721. The first-order valence-corrected chi connectivity index (χ1v) is 9.40. The average molecular weight is 326 g/mol. The molecule has 0 aliphatic carbocycles. The fourth-order valence-corrected chi connectivity index (χ4v) is 4.28. The van der Waals surface area contributed by atoms with Gasteiger partial charge in [0.25, 0.3) is 5.91 Å². The minimum Gasteiger partial charge on any atom is -0.337 e. The number of aryl methyl sites for hydroxylation is 2. The van der Waals surface area contributed by atoms with Gasteiger partial charge in [0.1, 0.15) is 5.69 Å². The van der Waals surface area contributed by atoms with Gasteiger partial charge in [-0.1, -0.05) is 45.4 Å². The molecule has 1 aliphatic heterocycles. The minimum atomic E-state index is 0.221. The summed E-state index contributed by atoms with van der Waals surface area (Å²) in [6.45, 7) is 11.5. The van der Waals surface area contributed by atoms with Crippen LogP contribution in [0.2, 0.25) is 0 Å². The molecule has 3 heteroatoms. The second-order valence-corrected chi connectivity index (χ2v) is 7.65. The van der Waals surface area contributed by atoms with E-state index in [2.05, 4.69) is 61.4 Å². The van der Waals surface area contributed by atoms with Crippen LogP contribution < -0.4 is 0 Å². The van der Waals surface area contributed by atoms with Gasteiger partial charge in [0.2, 0.25) is 0 Å². The highest BCUT2D eigenvalue weighted by Crippen LogP contribution is 2.29. The van der Waals surface area contributed by atoms with E-state index in [9.17, 15) is 4.79 Å². The summed E-state index contributed by atoms with van der Waals surface area (Å²) in [5.74, 6) is 1.40. The lowest BCUT2D eigenvalue weighted by Crippen LogP contribution is -2.43. The van der Waals surface area contributed by atoms with E-state index >= 15 is 0 Å². The number of aromatic nitrogens is 1. The van der Waals surface area contributed by atoms with Gasteiger partial charge in [0.15, 0.2) is 0 Å². The molecule has 130 valence electrons. The molecule has 1 amide bonds. The molecule has 0 spiro atoms. The van der Waals surface area contributed by atoms with Crippen molar-refractivity contribution in [2.45, 2.75) is 53.5 Å². The summed E-state index contributed by atoms with van der Waals surface area (Å²) < 4.78 is 2.26. The van der Waals surface area contributed by atoms with E-state index in [1.165, 1.54) is 17.3 Å². The van der Waals surface area contributed by atoms with Gasteiger partial charge in [-0.25, -0.2) is 0 Å². The van der Waals surface area contributed by atoms with E-state index in [1.807, 2.05) is 0 Å². The molecule has 1 aromatic heterocycles. The molecule has 24 heavy (non-hydrogen) atoms. The number of hydrogen-bond donors (Lipinski definition) is 0. The van der Waals surface area contributed by atoms with Gasteiger partial charge in [-0.3, -0.25) is 4.79 Å². The third-order valence-corrected chi connectivity index (χ3v) is 5.32. The lowest BCUT2D eigenvalue weighted by atomic mass is 9.91. The van der Waals surface area contributed by atoms with Crippen LogP contribution in [-0.2, 0) is 6.54 Å². The van der Waals surface area contributed by atoms with Gasteiger partial charge >= 0.3 is 0 Å². The molecule has 1 fully saturated rings. The number of nitrogens with zero attached hydrogens (tertiary/aromatic N) is 2. The van der Waals surface area contributed by atoms with E-state index in [0.29, 0.717) is 11.8 Å². The summed E-state index contributed by atoms with van der Waals surface area (Å²) >= 11 is 0. The van der Waals surface area contributed by atoms with Gasteiger partial charge in [0.05, 0.1) is 0 Å². The van der Waals surface area contributed by atoms with Crippen molar-refractivity contribution in [2.24, 2.45) is 11.8 Å². The number of carbonyl (C=O) groups is 1. The molecular formula is C21H30N2O. The highest BCUT2D eigenvalue weighted by Gasteiger charge is 2.29. The maximum atomic E-state index is 13.4. The average Bonchev–Trinajstić information content (AvgIpc) is 2.84. The SMILES string of the molecule is CCCCn1c(C(=O)N2CC(C)CC(C)C2)c(C)c2ccccc21. The molecule has 0 saturated carbocycles. The first kappa shape index (κ1) is 17.1. The number of para-hydroxylation sites is 1. The van der Waals surface area contributed by atoms with E-state index in [1.54, 1.807) is 0 Å². The lowest BCUT2D eigenvalue weighted by molar-refractivity contribution is 0.0611. The van der Waals surface area contributed by atoms with E-state index in [-0.39, 0.29) is 5.91 Å².